The van der Waals surface area contributed by atoms with Crippen LogP contribution >= 0.6 is 15.9 Å². The topological polar surface area (TPSA) is 42.8 Å². The molecule has 0 saturated carbocycles. The van der Waals surface area contributed by atoms with Gasteiger partial charge in [-0.1, -0.05) is 54.1 Å². The van der Waals surface area contributed by atoms with Crippen molar-refractivity contribution in [1.29, 1.82) is 0 Å². The van der Waals surface area contributed by atoms with Gasteiger partial charge in [0.15, 0.2) is 11.5 Å². The lowest BCUT2D eigenvalue weighted by molar-refractivity contribution is 0.267. The number of nitrogens with zero attached hydrogens (tertiary/aromatic N) is 1. The van der Waals surface area contributed by atoms with E-state index in [2.05, 4.69) is 82.8 Å². The molecule has 4 aromatic carbocycles. The summed E-state index contributed by atoms with van der Waals surface area (Å²) in [5.74, 6) is 1.86. The number of rotatable bonds is 8. The van der Waals surface area contributed by atoms with Gasteiger partial charge >= 0.3 is 0 Å². The molecule has 0 bridgehead atoms. The molecule has 0 aromatic heterocycles. The molecule has 0 saturated heterocycles. The maximum Gasteiger partial charge on any atom is 0.175 e. The second-order valence-corrected chi connectivity index (χ2v) is 11.5. The number of aliphatic imine (C=N–C) groups is 1. The van der Waals surface area contributed by atoms with E-state index < -0.39 is 0 Å². The number of benzene rings is 4. The first-order valence-corrected chi connectivity index (χ1v) is 14.8. The summed E-state index contributed by atoms with van der Waals surface area (Å²) in [6, 6.07) is 25.7. The smallest absolute Gasteiger partial charge is 0.175 e. The summed E-state index contributed by atoms with van der Waals surface area (Å²) in [7, 11) is 0. The summed E-state index contributed by atoms with van der Waals surface area (Å²) in [5.41, 5.74) is 7.71. The average Bonchev–Trinajstić information content (AvgIpc) is 3.46. The van der Waals surface area contributed by atoms with E-state index in [1.165, 1.54) is 34.5 Å². The standard InChI is InChI=1S/C35H32BrFN2O2/c1-3-40-33-19-24(18-31(36)35(33)41-21-23-6-4-7-26(37)17-23)20-38-27-13-11-25(12-14-27)34-29-9-5-8-28(29)30-16-22(2)10-15-32(30)39-34/h4-8,10-20,28-29,34,39H,3,9,21H2,1-2H3/t28-,29+,34-/m0/s1. The van der Waals surface area contributed by atoms with Gasteiger partial charge in [0, 0.05) is 17.8 Å². The highest BCUT2D eigenvalue weighted by Gasteiger charge is 2.37. The van der Waals surface area contributed by atoms with Crippen molar-refractivity contribution in [2.45, 2.75) is 38.8 Å². The first-order valence-electron chi connectivity index (χ1n) is 14.0. The number of ether oxygens (including phenoxy) is 2. The Hall–Kier alpha value is -3.90. The Morgan fingerprint density at radius 2 is 1.88 bits per heavy atom. The molecule has 2 aliphatic rings. The summed E-state index contributed by atoms with van der Waals surface area (Å²) in [6.07, 6.45) is 7.61. The third-order valence-electron chi connectivity index (χ3n) is 7.74. The van der Waals surface area contributed by atoms with Crippen LogP contribution in [0.5, 0.6) is 11.5 Å². The van der Waals surface area contributed by atoms with Gasteiger partial charge in [0.2, 0.25) is 0 Å². The van der Waals surface area contributed by atoms with Crippen molar-refractivity contribution in [3.8, 4) is 11.5 Å². The second kappa shape index (κ2) is 11.9. The van der Waals surface area contributed by atoms with Crippen LogP contribution in [0.1, 0.15) is 53.1 Å². The molecule has 6 heteroatoms. The molecule has 6 rings (SSSR count). The van der Waals surface area contributed by atoms with Crippen LogP contribution in [0, 0.1) is 18.7 Å². The molecule has 0 radical (unpaired) electrons. The van der Waals surface area contributed by atoms with Gasteiger partial charge < -0.3 is 14.8 Å². The van der Waals surface area contributed by atoms with Crippen molar-refractivity contribution in [1.82, 2.24) is 0 Å². The Bertz CT molecular complexity index is 1620. The molecule has 1 aliphatic heterocycles. The van der Waals surface area contributed by atoms with Crippen molar-refractivity contribution in [2.75, 3.05) is 11.9 Å². The van der Waals surface area contributed by atoms with E-state index in [-0.39, 0.29) is 18.5 Å². The molecule has 208 valence electrons. The van der Waals surface area contributed by atoms with E-state index in [1.807, 2.05) is 31.3 Å². The number of hydrogen-bond acceptors (Lipinski definition) is 4. The molecule has 1 heterocycles. The minimum atomic E-state index is -0.287. The zero-order valence-electron chi connectivity index (χ0n) is 23.1. The summed E-state index contributed by atoms with van der Waals surface area (Å²) in [4.78, 5) is 4.73. The highest BCUT2D eigenvalue weighted by molar-refractivity contribution is 9.10. The van der Waals surface area contributed by atoms with Gasteiger partial charge in [-0.3, -0.25) is 4.99 Å². The Labute approximate surface area is 249 Å². The highest BCUT2D eigenvalue weighted by atomic mass is 79.9. The Kier molecular flexibility index (Phi) is 7.93. The van der Waals surface area contributed by atoms with E-state index in [9.17, 15) is 4.39 Å². The summed E-state index contributed by atoms with van der Waals surface area (Å²) >= 11 is 3.62. The van der Waals surface area contributed by atoms with Crippen molar-refractivity contribution in [2.24, 2.45) is 10.9 Å². The van der Waals surface area contributed by atoms with Crippen LogP contribution < -0.4 is 14.8 Å². The quantitative estimate of drug-likeness (QED) is 0.159. The Balaban J connectivity index is 1.18. The Morgan fingerprint density at radius 1 is 1.02 bits per heavy atom. The normalized spacial score (nSPS) is 19.1. The maximum absolute atomic E-state index is 13.6. The number of allylic oxidation sites excluding steroid dienone is 2. The fourth-order valence-corrected chi connectivity index (χ4v) is 6.38. The lowest BCUT2D eigenvalue weighted by Crippen LogP contribution is -2.29. The molecule has 41 heavy (non-hydrogen) atoms. The van der Waals surface area contributed by atoms with Crippen molar-refractivity contribution >= 4 is 33.5 Å². The van der Waals surface area contributed by atoms with Gasteiger partial charge in [-0.05, 0) is 107 Å². The van der Waals surface area contributed by atoms with E-state index >= 15 is 0 Å². The average molecular weight is 612 g/mol. The number of nitrogens with one attached hydrogen (secondary N) is 1. The monoisotopic (exact) mass is 610 g/mol. The molecule has 1 aliphatic carbocycles. The van der Waals surface area contributed by atoms with Crippen LogP contribution in [0.25, 0.3) is 0 Å². The molecule has 0 unspecified atom stereocenters. The largest absolute Gasteiger partial charge is 0.490 e. The second-order valence-electron chi connectivity index (χ2n) is 10.6. The van der Waals surface area contributed by atoms with Gasteiger partial charge in [-0.15, -0.1) is 0 Å². The van der Waals surface area contributed by atoms with Crippen molar-refractivity contribution in [3.63, 3.8) is 0 Å². The van der Waals surface area contributed by atoms with Gasteiger partial charge in [-0.25, -0.2) is 4.39 Å². The van der Waals surface area contributed by atoms with Gasteiger partial charge in [-0.2, -0.15) is 0 Å². The van der Waals surface area contributed by atoms with Gasteiger partial charge in [0.25, 0.3) is 0 Å². The minimum Gasteiger partial charge on any atom is -0.490 e. The molecule has 0 amide bonds. The lowest BCUT2D eigenvalue weighted by Gasteiger charge is -2.37. The van der Waals surface area contributed by atoms with Crippen LogP contribution in [0.4, 0.5) is 15.8 Å². The van der Waals surface area contributed by atoms with Gasteiger partial charge in [0.05, 0.1) is 22.8 Å². The number of fused-ring (bicyclic) bond motifs is 3. The zero-order chi connectivity index (χ0) is 28.3. The van der Waals surface area contributed by atoms with Crippen molar-refractivity contribution in [3.05, 3.63) is 129 Å². The van der Waals surface area contributed by atoms with Crippen LogP contribution in [0.3, 0.4) is 0 Å². The Morgan fingerprint density at radius 3 is 2.68 bits per heavy atom. The maximum atomic E-state index is 13.6. The summed E-state index contributed by atoms with van der Waals surface area (Å²) in [6.45, 7) is 4.81. The number of hydrogen-bond donors (Lipinski definition) is 1. The summed E-state index contributed by atoms with van der Waals surface area (Å²) in [5, 5.41) is 3.81. The SMILES string of the molecule is CCOc1cc(C=Nc2ccc([C@@H]3Nc4ccc(C)cc4[C@H]4C=CC[C@H]43)cc2)cc(Br)c1OCc1cccc(F)c1. The van der Waals surface area contributed by atoms with Crippen LogP contribution in [0.15, 0.2) is 100 Å². The predicted molar refractivity (Wildman–Crippen MR) is 167 cm³/mol. The highest BCUT2D eigenvalue weighted by Crippen LogP contribution is 2.50. The van der Waals surface area contributed by atoms with Crippen LogP contribution in [-0.2, 0) is 6.61 Å². The molecule has 1 N–H and O–H groups in total. The third-order valence-corrected chi connectivity index (χ3v) is 8.33. The van der Waals surface area contributed by atoms with Gasteiger partial charge in [0.1, 0.15) is 12.4 Å². The molecular weight excluding hydrogens is 579 g/mol. The lowest BCUT2D eigenvalue weighted by atomic mass is 9.76. The third kappa shape index (κ3) is 5.94. The molecule has 3 atom stereocenters. The zero-order valence-corrected chi connectivity index (χ0v) is 24.7. The van der Waals surface area contributed by atoms with Crippen LogP contribution in [-0.4, -0.2) is 12.8 Å². The number of anilines is 1. The van der Waals surface area contributed by atoms with E-state index in [1.54, 1.807) is 6.07 Å². The molecule has 4 nitrogen and oxygen atoms in total. The fourth-order valence-electron chi connectivity index (χ4n) is 5.81. The predicted octanol–water partition coefficient (Wildman–Crippen LogP) is 9.45. The molecule has 0 fully saturated rings. The van der Waals surface area contributed by atoms with Crippen LogP contribution in [0.2, 0.25) is 0 Å². The summed E-state index contributed by atoms with van der Waals surface area (Å²) < 4.78 is 26.2. The fraction of sp³-hybridized carbons (Fsp3) is 0.229. The first kappa shape index (κ1) is 27.3. The minimum absolute atomic E-state index is 0.231. The molecule has 4 aromatic rings. The van der Waals surface area contributed by atoms with Crippen molar-refractivity contribution < 1.29 is 13.9 Å². The van der Waals surface area contributed by atoms with E-state index in [4.69, 9.17) is 14.5 Å². The first-order chi connectivity index (χ1) is 20.0. The number of halogens is 2. The molecular formula is C35H32BrFN2O2. The molecule has 0 spiro atoms. The number of aryl methyl sites for hydroxylation is 1. The van der Waals surface area contributed by atoms with E-state index in [0.29, 0.717) is 29.9 Å². The van der Waals surface area contributed by atoms with E-state index in [0.717, 1.165) is 27.7 Å².